The van der Waals surface area contributed by atoms with Crippen molar-refractivity contribution >= 4 is 52.6 Å². The second-order valence-electron chi connectivity index (χ2n) is 7.44. The summed E-state index contributed by atoms with van der Waals surface area (Å²) in [5, 5.41) is 8.06. The number of aromatic nitrogens is 1. The Kier molecular flexibility index (Phi) is 6.22. The van der Waals surface area contributed by atoms with Crippen LogP contribution >= 0.6 is 11.3 Å². The molecule has 2 aromatic carbocycles. The number of carbonyl (C=O) groups is 1. The van der Waals surface area contributed by atoms with Gasteiger partial charge in [0.15, 0.2) is 5.13 Å². The number of nitrogens with zero attached hydrogens (tertiary/aromatic N) is 2. The van der Waals surface area contributed by atoms with Crippen LogP contribution in [-0.2, 0) is 24.8 Å². The van der Waals surface area contributed by atoms with E-state index in [1.54, 1.807) is 0 Å². The Bertz CT molecular complexity index is 1450. The molecule has 1 fully saturated rings. The minimum Gasteiger partial charge on any atom is -0.302 e. The maximum atomic E-state index is 14.0. The molecule has 4 rings (SSSR count). The van der Waals surface area contributed by atoms with E-state index in [1.807, 2.05) is 0 Å². The van der Waals surface area contributed by atoms with Crippen LogP contribution in [0.25, 0.3) is 10.2 Å². The molecular formula is C19H18F2N4O5S3. The summed E-state index contributed by atoms with van der Waals surface area (Å²) < 4.78 is 77.3. The number of anilines is 1. The van der Waals surface area contributed by atoms with Gasteiger partial charge in [0, 0.05) is 19.0 Å². The fourth-order valence-corrected chi connectivity index (χ4v) is 6.58. The highest BCUT2D eigenvalue weighted by atomic mass is 32.2. The fraction of sp³-hybridized carbons (Fsp3) is 0.263. The smallest absolute Gasteiger partial charge is 0.246 e. The second kappa shape index (κ2) is 8.68. The number of nitrogens with two attached hydrogens (primary N) is 1. The van der Waals surface area contributed by atoms with Gasteiger partial charge in [-0.2, -0.15) is 4.31 Å². The zero-order chi connectivity index (χ0) is 24.0. The van der Waals surface area contributed by atoms with Crippen LogP contribution in [0.5, 0.6) is 0 Å². The normalized spacial score (nSPS) is 16.2. The quantitative estimate of drug-likeness (QED) is 0.533. The molecule has 0 aliphatic carbocycles. The highest BCUT2D eigenvalue weighted by Crippen LogP contribution is 2.30. The number of hydrogen-bond donors (Lipinski definition) is 2. The maximum Gasteiger partial charge on any atom is 0.246 e. The third kappa shape index (κ3) is 4.89. The molecule has 0 bridgehead atoms. The lowest BCUT2D eigenvalue weighted by molar-refractivity contribution is -0.120. The van der Waals surface area contributed by atoms with Crippen molar-refractivity contribution in [3.05, 3.63) is 48.0 Å². The molecular weight excluding hydrogens is 498 g/mol. The third-order valence-corrected chi connectivity index (χ3v) is 9.01. The highest BCUT2D eigenvalue weighted by Gasteiger charge is 2.34. The average molecular weight is 517 g/mol. The van der Waals surface area contributed by atoms with Gasteiger partial charge in [0.05, 0.1) is 15.1 Å². The molecule has 2 heterocycles. The van der Waals surface area contributed by atoms with Gasteiger partial charge in [-0.3, -0.25) is 4.79 Å². The molecule has 14 heteroatoms. The van der Waals surface area contributed by atoms with Crippen LogP contribution in [0, 0.1) is 17.6 Å². The monoisotopic (exact) mass is 516 g/mol. The first kappa shape index (κ1) is 23.6. The molecule has 0 spiro atoms. The van der Waals surface area contributed by atoms with Gasteiger partial charge in [0.1, 0.15) is 16.5 Å². The Hall–Kier alpha value is -2.52. The topological polar surface area (TPSA) is 140 Å². The van der Waals surface area contributed by atoms with E-state index in [4.69, 9.17) is 5.14 Å². The van der Waals surface area contributed by atoms with Crippen molar-refractivity contribution in [3.63, 3.8) is 0 Å². The molecule has 3 N–H and O–H groups in total. The molecule has 1 saturated heterocycles. The largest absolute Gasteiger partial charge is 0.302 e. The van der Waals surface area contributed by atoms with Crippen molar-refractivity contribution in [2.24, 2.45) is 11.1 Å². The van der Waals surface area contributed by atoms with Crippen LogP contribution in [0.4, 0.5) is 13.9 Å². The second-order valence-corrected chi connectivity index (χ2v) is 11.9. The molecule has 1 aromatic heterocycles. The van der Waals surface area contributed by atoms with E-state index in [0.29, 0.717) is 16.3 Å². The Balaban J connectivity index is 1.43. The zero-order valence-corrected chi connectivity index (χ0v) is 19.3. The number of hydrogen-bond acceptors (Lipinski definition) is 7. The lowest BCUT2D eigenvalue weighted by atomic mass is 9.97. The van der Waals surface area contributed by atoms with Crippen LogP contribution in [0.15, 0.2) is 46.2 Å². The van der Waals surface area contributed by atoms with E-state index >= 15 is 0 Å². The summed E-state index contributed by atoms with van der Waals surface area (Å²) in [6.45, 7) is -0.0676. The Morgan fingerprint density at radius 2 is 1.79 bits per heavy atom. The van der Waals surface area contributed by atoms with Gasteiger partial charge >= 0.3 is 0 Å². The number of nitrogens with one attached hydrogen (secondary N) is 1. The minimum atomic E-state index is -4.24. The van der Waals surface area contributed by atoms with Gasteiger partial charge in [-0.25, -0.2) is 35.7 Å². The summed E-state index contributed by atoms with van der Waals surface area (Å²) in [6, 6.07) is 6.40. The number of fused-ring (bicyclic) bond motifs is 1. The first-order valence-corrected chi connectivity index (χ1v) is 13.4. The van der Waals surface area contributed by atoms with Crippen LogP contribution in [-0.4, -0.2) is 45.1 Å². The zero-order valence-electron chi connectivity index (χ0n) is 16.9. The number of amides is 1. The van der Waals surface area contributed by atoms with Crippen molar-refractivity contribution in [3.8, 4) is 0 Å². The van der Waals surface area contributed by atoms with Crippen molar-refractivity contribution in [1.29, 1.82) is 0 Å². The van der Waals surface area contributed by atoms with E-state index < -0.39 is 42.5 Å². The summed E-state index contributed by atoms with van der Waals surface area (Å²) in [4.78, 5) is 16.1. The predicted octanol–water partition coefficient (Wildman–Crippen LogP) is 2.26. The average Bonchev–Trinajstić information content (AvgIpc) is 3.16. The molecule has 0 radical (unpaired) electrons. The molecule has 1 aliphatic rings. The number of thiazole rings is 1. The number of rotatable bonds is 5. The molecule has 1 aliphatic heterocycles. The predicted molar refractivity (Wildman–Crippen MR) is 117 cm³/mol. The Morgan fingerprint density at radius 1 is 1.09 bits per heavy atom. The first-order chi connectivity index (χ1) is 15.4. The molecule has 1 amide bonds. The number of carbonyl (C=O) groups excluding carboxylic acids is 1. The number of primary sulfonamides is 1. The minimum absolute atomic E-state index is 0.0338. The summed E-state index contributed by atoms with van der Waals surface area (Å²) in [6.07, 6.45) is 0.366. The van der Waals surface area contributed by atoms with Gasteiger partial charge in [0.2, 0.25) is 26.0 Å². The van der Waals surface area contributed by atoms with Gasteiger partial charge in [0.25, 0.3) is 0 Å². The summed E-state index contributed by atoms with van der Waals surface area (Å²) in [5.41, 5.74) is 0.487. The van der Waals surface area contributed by atoms with Crippen LogP contribution in [0.1, 0.15) is 12.8 Å². The van der Waals surface area contributed by atoms with Gasteiger partial charge < -0.3 is 5.32 Å². The molecule has 0 saturated carbocycles. The number of benzene rings is 2. The van der Waals surface area contributed by atoms with Gasteiger partial charge in [-0.1, -0.05) is 11.3 Å². The van der Waals surface area contributed by atoms with Crippen molar-refractivity contribution < 1.29 is 30.4 Å². The van der Waals surface area contributed by atoms with Crippen LogP contribution < -0.4 is 10.5 Å². The maximum absolute atomic E-state index is 14.0. The van der Waals surface area contributed by atoms with Crippen LogP contribution in [0.3, 0.4) is 0 Å². The summed E-state index contributed by atoms with van der Waals surface area (Å²) in [7, 11) is -8.11. The van der Waals surface area contributed by atoms with E-state index in [1.165, 1.54) is 18.2 Å². The SMILES string of the molecule is NS(=O)(=O)c1ccc2nc(NC(=O)C3CCN(S(=O)(=O)c4cc(F)ccc4F)CC3)sc2c1. The van der Waals surface area contributed by atoms with Gasteiger partial charge in [-0.15, -0.1) is 0 Å². The Morgan fingerprint density at radius 3 is 2.45 bits per heavy atom. The molecule has 3 aromatic rings. The Labute approximate surface area is 192 Å². The van der Waals surface area contributed by atoms with E-state index in [-0.39, 0.29) is 41.9 Å². The van der Waals surface area contributed by atoms with Crippen molar-refractivity contribution in [2.45, 2.75) is 22.6 Å². The number of piperidine rings is 1. The summed E-state index contributed by atoms with van der Waals surface area (Å²) >= 11 is 1.08. The fourth-order valence-electron chi connectivity index (χ4n) is 3.52. The molecule has 176 valence electrons. The number of halogens is 2. The molecule has 0 atom stereocenters. The lowest BCUT2D eigenvalue weighted by Gasteiger charge is -2.30. The van der Waals surface area contributed by atoms with E-state index in [0.717, 1.165) is 27.8 Å². The lowest BCUT2D eigenvalue weighted by Crippen LogP contribution is -2.41. The molecule has 9 nitrogen and oxygen atoms in total. The van der Waals surface area contributed by atoms with E-state index in [2.05, 4.69) is 10.3 Å². The van der Waals surface area contributed by atoms with Crippen LogP contribution in [0.2, 0.25) is 0 Å². The molecule has 33 heavy (non-hydrogen) atoms. The highest BCUT2D eigenvalue weighted by molar-refractivity contribution is 7.89. The standard InChI is InChI=1S/C19H18F2N4O5S3/c20-12-1-3-14(21)17(9-12)33(29,30)25-7-5-11(6-8-25)18(26)24-19-23-15-4-2-13(32(22,27)28)10-16(15)31-19/h1-4,9-11H,5-8H2,(H2,22,27,28)(H,23,24,26). The third-order valence-electron chi connectivity index (χ3n) is 5.25. The van der Waals surface area contributed by atoms with Crippen molar-refractivity contribution in [1.82, 2.24) is 9.29 Å². The first-order valence-electron chi connectivity index (χ1n) is 9.64. The molecule has 0 unspecified atom stereocenters. The van der Waals surface area contributed by atoms with Crippen molar-refractivity contribution in [2.75, 3.05) is 18.4 Å². The van der Waals surface area contributed by atoms with E-state index in [9.17, 15) is 30.4 Å². The number of sulfonamides is 2. The summed E-state index contributed by atoms with van der Waals surface area (Å²) in [5.74, 6) is -2.79. The van der Waals surface area contributed by atoms with Gasteiger partial charge in [-0.05, 0) is 49.2 Å².